The maximum atomic E-state index is 5.88. The van der Waals surface area contributed by atoms with Gasteiger partial charge in [0.1, 0.15) is 0 Å². The van der Waals surface area contributed by atoms with Gasteiger partial charge in [-0.2, -0.15) is 16.7 Å². The Morgan fingerprint density at radius 2 is 2.47 bits per heavy atom. The van der Waals surface area contributed by atoms with Gasteiger partial charge in [0.25, 0.3) is 0 Å². The molecule has 0 aromatic carbocycles. The van der Waals surface area contributed by atoms with Gasteiger partial charge >= 0.3 is 0 Å². The van der Waals surface area contributed by atoms with Gasteiger partial charge in [-0.05, 0) is 13.5 Å². The molecule has 96 valence electrons. The number of nitrogens with zero attached hydrogens (tertiary/aromatic N) is 3. The van der Waals surface area contributed by atoms with E-state index >= 15 is 0 Å². The number of nitrogens with two attached hydrogens (primary N) is 1. The van der Waals surface area contributed by atoms with Crippen molar-refractivity contribution < 1.29 is 4.52 Å². The van der Waals surface area contributed by atoms with Crippen molar-refractivity contribution in [2.24, 2.45) is 5.73 Å². The first-order valence-electron chi connectivity index (χ1n) is 6.06. The van der Waals surface area contributed by atoms with Crippen LogP contribution in [0.25, 0.3) is 0 Å². The number of thioether (sulfide) groups is 1. The topological polar surface area (TPSA) is 68.2 Å². The van der Waals surface area contributed by atoms with Crippen LogP contribution < -0.4 is 5.73 Å². The smallest absolute Gasteiger partial charge is 0.228 e. The third kappa shape index (κ3) is 3.20. The molecule has 2 atom stereocenters. The third-order valence-corrected chi connectivity index (χ3v) is 4.16. The summed E-state index contributed by atoms with van der Waals surface area (Å²) in [5, 5.41) is 4.08. The minimum absolute atomic E-state index is 0.113. The van der Waals surface area contributed by atoms with Crippen LogP contribution in [0.15, 0.2) is 4.52 Å². The molecule has 0 spiro atoms. The van der Waals surface area contributed by atoms with Crippen molar-refractivity contribution in [3.63, 3.8) is 0 Å². The maximum Gasteiger partial charge on any atom is 0.228 e. The zero-order chi connectivity index (χ0) is 12.3. The number of hydrogen-bond donors (Lipinski definition) is 1. The van der Waals surface area contributed by atoms with Gasteiger partial charge in [0, 0.05) is 30.5 Å². The van der Waals surface area contributed by atoms with Crippen molar-refractivity contribution in [2.75, 3.05) is 25.1 Å². The largest absolute Gasteiger partial charge is 0.339 e. The van der Waals surface area contributed by atoms with Crippen LogP contribution >= 0.6 is 11.8 Å². The molecule has 2 unspecified atom stereocenters. The summed E-state index contributed by atoms with van der Waals surface area (Å²) >= 11 is 1.94. The van der Waals surface area contributed by atoms with Crippen molar-refractivity contribution in [2.45, 2.75) is 31.8 Å². The second kappa shape index (κ2) is 5.84. The minimum atomic E-state index is 0.113. The molecule has 0 bridgehead atoms. The van der Waals surface area contributed by atoms with E-state index < -0.39 is 0 Å². The molecule has 6 heteroatoms. The average molecular weight is 256 g/mol. The fraction of sp³-hybridized carbons (Fsp3) is 0.818. The Bertz CT molecular complexity index is 357. The molecule has 0 aliphatic carbocycles. The number of rotatable bonds is 4. The van der Waals surface area contributed by atoms with E-state index in [0.29, 0.717) is 12.3 Å². The minimum Gasteiger partial charge on any atom is -0.339 e. The van der Waals surface area contributed by atoms with E-state index in [0.717, 1.165) is 24.5 Å². The number of aromatic nitrogens is 2. The van der Waals surface area contributed by atoms with Crippen LogP contribution in [0.2, 0.25) is 0 Å². The molecule has 1 aliphatic rings. The molecule has 0 radical (unpaired) electrons. The second-order valence-electron chi connectivity index (χ2n) is 4.49. The molecule has 0 amide bonds. The lowest BCUT2D eigenvalue weighted by Crippen LogP contribution is -2.33. The Balaban J connectivity index is 2.01. The second-order valence-corrected chi connectivity index (χ2v) is 5.64. The normalized spacial score (nSPS) is 23.8. The third-order valence-electron chi connectivity index (χ3n) is 3.14. The van der Waals surface area contributed by atoms with E-state index in [4.69, 9.17) is 10.3 Å². The molecule has 2 rings (SSSR count). The van der Waals surface area contributed by atoms with Crippen LogP contribution in [-0.2, 0) is 6.42 Å². The standard InChI is InChI=1S/C11H20N4OS/c1-3-8(12)6-10-13-11(14-16-10)9-7-17-5-4-15(9)2/h8-9H,3-7,12H2,1-2H3. The SMILES string of the molecule is CCC(N)Cc1nc(C2CSCCN2C)no1. The van der Waals surface area contributed by atoms with Crippen LogP contribution in [0.1, 0.15) is 31.1 Å². The summed E-state index contributed by atoms with van der Waals surface area (Å²) in [5.74, 6) is 3.68. The summed E-state index contributed by atoms with van der Waals surface area (Å²) in [6.45, 7) is 3.14. The fourth-order valence-electron chi connectivity index (χ4n) is 1.81. The molecule has 1 aromatic heterocycles. The maximum absolute atomic E-state index is 5.88. The van der Waals surface area contributed by atoms with E-state index in [1.165, 1.54) is 5.75 Å². The van der Waals surface area contributed by atoms with Gasteiger partial charge in [-0.15, -0.1) is 0 Å². The van der Waals surface area contributed by atoms with Crippen molar-refractivity contribution in [3.8, 4) is 0 Å². The first-order chi connectivity index (χ1) is 8.20. The first-order valence-corrected chi connectivity index (χ1v) is 7.22. The molecule has 1 aliphatic heterocycles. The van der Waals surface area contributed by atoms with E-state index in [-0.39, 0.29) is 12.1 Å². The molecular weight excluding hydrogens is 236 g/mol. The van der Waals surface area contributed by atoms with Gasteiger partial charge in [-0.1, -0.05) is 12.1 Å². The Morgan fingerprint density at radius 1 is 1.65 bits per heavy atom. The molecule has 0 saturated carbocycles. The lowest BCUT2D eigenvalue weighted by molar-refractivity contribution is 0.256. The van der Waals surface area contributed by atoms with Gasteiger partial charge in [0.15, 0.2) is 5.82 Å². The summed E-state index contributed by atoms with van der Waals surface area (Å²) in [5.41, 5.74) is 5.88. The Labute approximate surface area is 106 Å². The highest BCUT2D eigenvalue weighted by Gasteiger charge is 2.25. The summed E-state index contributed by atoms with van der Waals surface area (Å²) in [6.07, 6.45) is 1.60. The molecule has 1 aromatic rings. The van der Waals surface area contributed by atoms with Gasteiger partial charge in [0.2, 0.25) is 5.89 Å². The van der Waals surface area contributed by atoms with Gasteiger partial charge in [-0.3, -0.25) is 4.90 Å². The summed E-state index contributed by atoms with van der Waals surface area (Å²) in [7, 11) is 2.11. The van der Waals surface area contributed by atoms with E-state index in [1.54, 1.807) is 0 Å². The van der Waals surface area contributed by atoms with Gasteiger partial charge < -0.3 is 10.3 Å². The molecule has 1 saturated heterocycles. The van der Waals surface area contributed by atoms with Gasteiger partial charge in [0.05, 0.1) is 6.04 Å². The Morgan fingerprint density at radius 3 is 3.18 bits per heavy atom. The van der Waals surface area contributed by atoms with Crippen molar-refractivity contribution >= 4 is 11.8 Å². The predicted molar refractivity (Wildman–Crippen MR) is 69.0 cm³/mol. The fourth-order valence-corrected chi connectivity index (χ4v) is 3.02. The number of hydrogen-bond acceptors (Lipinski definition) is 6. The molecular formula is C11H20N4OS. The molecule has 5 nitrogen and oxygen atoms in total. The van der Waals surface area contributed by atoms with E-state index in [9.17, 15) is 0 Å². The monoisotopic (exact) mass is 256 g/mol. The summed E-state index contributed by atoms with van der Waals surface area (Å²) in [6, 6.07) is 0.394. The van der Waals surface area contributed by atoms with Crippen LogP contribution in [0.5, 0.6) is 0 Å². The van der Waals surface area contributed by atoms with E-state index in [1.807, 2.05) is 11.8 Å². The van der Waals surface area contributed by atoms with Crippen LogP contribution in [0.4, 0.5) is 0 Å². The zero-order valence-corrected chi connectivity index (χ0v) is 11.2. The summed E-state index contributed by atoms with van der Waals surface area (Å²) < 4.78 is 5.26. The summed E-state index contributed by atoms with van der Waals surface area (Å²) in [4.78, 5) is 6.74. The van der Waals surface area contributed by atoms with Crippen LogP contribution in [0, 0.1) is 0 Å². The Hall–Kier alpha value is -0.590. The molecule has 17 heavy (non-hydrogen) atoms. The van der Waals surface area contributed by atoms with Crippen LogP contribution in [-0.4, -0.2) is 46.2 Å². The highest BCUT2D eigenvalue weighted by atomic mass is 32.2. The highest BCUT2D eigenvalue weighted by Crippen LogP contribution is 2.26. The first kappa shape index (κ1) is 12.9. The lowest BCUT2D eigenvalue weighted by atomic mass is 10.2. The highest BCUT2D eigenvalue weighted by molar-refractivity contribution is 7.99. The van der Waals surface area contributed by atoms with Crippen molar-refractivity contribution in [1.82, 2.24) is 15.0 Å². The molecule has 1 fully saturated rings. The molecule has 2 N–H and O–H groups in total. The zero-order valence-electron chi connectivity index (χ0n) is 10.4. The van der Waals surface area contributed by atoms with Crippen molar-refractivity contribution in [3.05, 3.63) is 11.7 Å². The van der Waals surface area contributed by atoms with Gasteiger partial charge in [-0.25, -0.2) is 0 Å². The average Bonchev–Trinajstić information content (AvgIpc) is 2.78. The molecule has 2 heterocycles. The predicted octanol–water partition coefficient (Wildman–Crippen LogP) is 1.07. The van der Waals surface area contributed by atoms with E-state index in [2.05, 4.69) is 29.0 Å². The lowest BCUT2D eigenvalue weighted by Gasteiger charge is -2.29. The van der Waals surface area contributed by atoms with Crippen LogP contribution in [0.3, 0.4) is 0 Å². The van der Waals surface area contributed by atoms with Crippen molar-refractivity contribution in [1.29, 1.82) is 0 Å². The quantitative estimate of drug-likeness (QED) is 0.869. The Kier molecular flexibility index (Phi) is 4.42.